The van der Waals surface area contributed by atoms with Crippen molar-refractivity contribution in [2.45, 2.75) is 19.9 Å². The Hall–Kier alpha value is -2.81. The lowest BCUT2D eigenvalue weighted by Crippen LogP contribution is -2.28. The number of aryl methyl sites for hydroxylation is 1. The smallest absolute Gasteiger partial charge is 0.319 e. The van der Waals surface area contributed by atoms with E-state index in [1.807, 2.05) is 6.20 Å². The summed E-state index contributed by atoms with van der Waals surface area (Å²) in [4.78, 5) is 25.6. The zero-order valence-electron chi connectivity index (χ0n) is 12.4. The third-order valence-electron chi connectivity index (χ3n) is 3.02. The molecule has 23 heavy (non-hydrogen) atoms. The number of hydrogen-bond donors (Lipinski definition) is 2. The number of nitrogens with zero attached hydrogens (tertiary/aromatic N) is 5. The first-order chi connectivity index (χ1) is 11.3. The van der Waals surface area contributed by atoms with Crippen molar-refractivity contribution in [3.05, 3.63) is 47.1 Å². The summed E-state index contributed by atoms with van der Waals surface area (Å²) in [5, 5.41) is 10.4. The fourth-order valence-corrected chi connectivity index (χ4v) is 2.71. The number of anilines is 1. The van der Waals surface area contributed by atoms with Crippen molar-refractivity contribution in [1.82, 2.24) is 30.0 Å². The molecule has 0 radical (unpaired) electrons. The first-order valence-corrected chi connectivity index (χ1v) is 7.86. The molecule has 0 spiro atoms. The molecule has 0 atom stereocenters. The predicted octanol–water partition coefficient (Wildman–Crippen LogP) is 2.00. The van der Waals surface area contributed by atoms with E-state index in [-0.39, 0.29) is 6.03 Å². The van der Waals surface area contributed by atoms with Gasteiger partial charge in [0.1, 0.15) is 17.7 Å². The average molecular weight is 329 g/mol. The van der Waals surface area contributed by atoms with E-state index in [1.54, 1.807) is 29.7 Å². The van der Waals surface area contributed by atoms with E-state index < -0.39 is 0 Å². The van der Waals surface area contributed by atoms with Crippen molar-refractivity contribution >= 4 is 23.1 Å². The third kappa shape index (κ3) is 3.69. The minimum atomic E-state index is -0.326. The van der Waals surface area contributed by atoms with Gasteiger partial charge in [-0.1, -0.05) is 6.92 Å². The SMILES string of the molecule is CCc1cnc(CNC(=O)Nc2cccnc2-n2cncn2)s1. The van der Waals surface area contributed by atoms with Gasteiger partial charge in [-0.3, -0.25) is 0 Å². The van der Waals surface area contributed by atoms with Crippen LogP contribution in [0.25, 0.3) is 5.82 Å². The van der Waals surface area contributed by atoms with Crippen LogP contribution < -0.4 is 10.6 Å². The molecule has 8 nitrogen and oxygen atoms in total. The molecule has 3 rings (SSSR count). The van der Waals surface area contributed by atoms with Gasteiger partial charge in [-0.25, -0.2) is 24.4 Å². The first-order valence-electron chi connectivity index (χ1n) is 7.04. The van der Waals surface area contributed by atoms with Crippen molar-refractivity contribution in [3.63, 3.8) is 0 Å². The fraction of sp³-hybridized carbons (Fsp3) is 0.214. The van der Waals surface area contributed by atoms with Crippen LogP contribution in [0.3, 0.4) is 0 Å². The molecule has 0 bridgehead atoms. The molecule has 0 saturated heterocycles. The van der Waals surface area contributed by atoms with Crippen molar-refractivity contribution < 1.29 is 4.79 Å². The Balaban J connectivity index is 1.64. The van der Waals surface area contributed by atoms with Crippen LogP contribution in [0.1, 0.15) is 16.8 Å². The van der Waals surface area contributed by atoms with Gasteiger partial charge >= 0.3 is 6.03 Å². The molecule has 0 aliphatic rings. The largest absolute Gasteiger partial charge is 0.331 e. The number of rotatable bonds is 5. The fourth-order valence-electron chi connectivity index (χ4n) is 1.91. The molecule has 0 aromatic carbocycles. The van der Waals surface area contributed by atoms with Crippen molar-refractivity contribution in [2.24, 2.45) is 0 Å². The number of carbonyl (C=O) groups is 1. The van der Waals surface area contributed by atoms with E-state index in [1.165, 1.54) is 22.2 Å². The molecule has 3 aromatic heterocycles. The van der Waals surface area contributed by atoms with Gasteiger partial charge in [0.2, 0.25) is 0 Å². The number of amides is 2. The van der Waals surface area contributed by atoms with Crippen LogP contribution in [-0.2, 0) is 13.0 Å². The zero-order valence-corrected chi connectivity index (χ0v) is 13.2. The molecule has 2 N–H and O–H groups in total. The topological polar surface area (TPSA) is 97.6 Å². The van der Waals surface area contributed by atoms with Gasteiger partial charge in [0, 0.05) is 17.3 Å². The summed E-state index contributed by atoms with van der Waals surface area (Å²) in [5.41, 5.74) is 0.545. The summed E-state index contributed by atoms with van der Waals surface area (Å²) < 4.78 is 1.49. The highest BCUT2D eigenvalue weighted by Crippen LogP contribution is 2.16. The maximum atomic E-state index is 12.1. The lowest BCUT2D eigenvalue weighted by molar-refractivity contribution is 0.251. The van der Waals surface area contributed by atoms with Crippen LogP contribution in [0.2, 0.25) is 0 Å². The van der Waals surface area contributed by atoms with E-state index in [4.69, 9.17) is 0 Å². The predicted molar refractivity (Wildman–Crippen MR) is 86.5 cm³/mol. The van der Waals surface area contributed by atoms with E-state index in [0.717, 1.165) is 11.4 Å². The molecule has 0 fully saturated rings. The van der Waals surface area contributed by atoms with Crippen molar-refractivity contribution in [1.29, 1.82) is 0 Å². The average Bonchev–Trinajstić information content (AvgIpc) is 3.25. The minimum absolute atomic E-state index is 0.326. The lowest BCUT2D eigenvalue weighted by Gasteiger charge is -2.10. The molecule has 2 amide bonds. The number of aromatic nitrogens is 5. The second kappa shape index (κ2) is 6.97. The van der Waals surface area contributed by atoms with Gasteiger partial charge in [0.15, 0.2) is 5.82 Å². The summed E-state index contributed by atoms with van der Waals surface area (Å²) in [5.74, 6) is 0.502. The number of carbonyl (C=O) groups excluding carboxylic acids is 1. The normalized spacial score (nSPS) is 10.5. The number of pyridine rings is 1. The van der Waals surface area contributed by atoms with Gasteiger partial charge in [-0.2, -0.15) is 5.10 Å². The van der Waals surface area contributed by atoms with Gasteiger partial charge in [0.25, 0.3) is 0 Å². The quantitative estimate of drug-likeness (QED) is 0.746. The maximum Gasteiger partial charge on any atom is 0.319 e. The number of thiazole rings is 1. The van der Waals surface area contributed by atoms with Crippen LogP contribution in [0, 0.1) is 0 Å². The summed E-state index contributed by atoms with van der Waals surface area (Å²) in [6, 6.07) is 3.17. The standard InChI is InChI=1S/C14H15N7OS/c1-2-10-6-17-12(23-10)7-18-14(22)20-11-4-3-5-16-13(11)21-9-15-8-19-21/h3-6,8-9H,2,7H2,1H3,(H2,18,20,22). The summed E-state index contributed by atoms with van der Waals surface area (Å²) in [7, 11) is 0. The molecule has 0 unspecified atom stereocenters. The van der Waals surface area contributed by atoms with E-state index in [2.05, 4.69) is 37.6 Å². The van der Waals surface area contributed by atoms with Crippen LogP contribution in [0.4, 0.5) is 10.5 Å². The Morgan fingerprint density at radius 3 is 3.04 bits per heavy atom. The first kappa shape index (κ1) is 15.1. The summed E-state index contributed by atoms with van der Waals surface area (Å²) in [6.07, 6.45) is 7.34. The minimum Gasteiger partial charge on any atom is -0.331 e. The molecular formula is C14H15N7OS. The van der Waals surface area contributed by atoms with E-state index >= 15 is 0 Å². The highest BCUT2D eigenvalue weighted by Gasteiger charge is 2.10. The summed E-state index contributed by atoms with van der Waals surface area (Å²) in [6.45, 7) is 2.46. The Kier molecular flexibility index (Phi) is 4.57. The Bertz CT molecular complexity index is 784. The van der Waals surface area contributed by atoms with Crippen LogP contribution in [0.5, 0.6) is 0 Å². The lowest BCUT2D eigenvalue weighted by atomic mass is 10.4. The molecule has 0 saturated carbocycles. The Morgan fingerprint density at radius 1 is 1.39 bits per heavy atom. The highest BCUT2D eigenvalue weighted by molar-refractivity contribution is 7.11. The van der Waals surface area contributed by atoms with Crippen LogP contribution >= 0.6 is 11.3 Å². The highest BCUT2D eigenvalue weighted by atomic mass is 32.1. The monoisotopic (exact) mass is 329 g/mol. The molecular weight excluding hydrogens is 314 g/mol. The van der Waals surface area contributed by atoms with Crippen LogP contribution in [-0.4, -0.2) is 30.8 Å². The molecule has 0 aliphatic carbocycles. The maximum absolute atomic E-state index is 12.1. The zero-order chi connectivity index (χ0) is 16.1. The van der Waals surface area contributed by atoms with Gasteiger partial charge in [-0.05, 0) is 18.6 Å². The van der Waals surface area contributed by atoms with E-state index in [9.17, 15) is 4.79 Å². The molecule has 3 heterocycles. The summed E-state index contributed by atoms with van der Waals surface area (Å²) >= 11 is 1.59. The molecule has 3 aromatic rings. The van der Waals surface area contributed by atoms with Crippen LogP contribution in [0.15, 0.2) is 37.2 Å². The van der Waals surface area contributed by atoms with E-state index in [0.29, 0.717) is 18.1 Å². The molecule has 118 valence electrons. The van der Waals surface area contributed by atoms with Gasteiger partial charge < -0.3 is 10.6 Å². The Morgan fingerprint density at radius 2 is 2.30 bits per heavy atom. The molecule has 0 aliphatic heterocycles. The van der Waals surface area contributed by atoms with Crippen molar-refractivity contribution in [2.75, 3.05) is 5.32 Å². The van der Waals surface area contributed by atoms with Gasteiger partial charge in [0.05, 0.1) is 12.2 Å². The van der Waals surface area contributed by atoms with Crippen molar-refractivity contribution in [3.8, 4) is 5.82 Å². The molecule has 9 heteroatoms. The van der Waals surface area contributed by atoms with Gasteiger partial charge in [-0.15, -0.1) is 11.3 Å². The number of hydrogen-bond acceptors (Lipinski definition) is 6. The second-order valence-electron chi connectivity index (χ2n) is 4.60. The number of urea groups is 1. The Labute approximate surface area is 136 Å². The number of nitrogens with one attached hydrogen (secondary N) is 2. The third-order valence-corrected chi connectivity index (χ3v) is 4.16. The second-order valence-corrected chi connectivity index (χ2v) is 5.80.